The van der Waals surface area contributed by atoms with E-state index >= 15 is 0 Å². The Bertz CT molecular complexity index is 127. The van der Waals surface area contributed by atoms with Gasteiger partial charge in [0.25, 0.3) is 0 Å². The Morgan fingerprint density at radius 3 is 2.80 bits per heavy atom. The third-order valence-corrected chi connectivity index (χ3v) is 3.06. The van der Waals surface area contributed by atoms with Gasteiger partial charge < -0.3 is 0 Å². The highest BCUT2D eigenvalue weighted by molar-refractivity contribution is 7.16. The fourth-order valence-corrected chi connectivity index (χ4v) is 1.36. The van der Waals surface area contributed by atoms with Crippen molar-refractivity contribution in [1.29, 1.82) is 0 Å². The van der Waals surface area contributed by atoms with Crippen LogP contribution in [0.4, 0.5) is 0 Å². The Balaban J connectivity index is 2.04. The Morgan fingerprint density at radius 2 is 2.40 bits per heavy atom. The highest BCUT2D eigenvalue weighted by atomic mass is 31.0. The van der Waals surface area contributed by atoms with Gasteiger partial charge in [0.15, 0.2) is 0 Å². The Morgan fingerprint density at radius 1 is 1.70 bits per heavy atom. The van der Waals surface area contributed by atoms with E-state index in [9.17, 15) is 0 Å². The summed E-state index contributed by atoms with van der Waals surface area (Å²) in [4.78, 5) is 0. The molecule has 0 fully saturated rings. The fourth-order valence-electron chi connectivity index (χ4n) is 1.13. The smallest absolute Gasteiger partial charge is 0.0285 e. The average Bonchev–Trinajstić information content (AvgIpc) is 1.84. The summed E-state index contributed by atoms with van der Waals surface area (Å²) in [6.07, 6.45) is 9.10. The maximum Gasteiger partial charge on any atom is -0.0285 e. The predicted molar refractivity (Wildman–Crippen MR) is 50.3 cm³/mol. The van der Waals surface area contributed by atoms with E-state index in [0.717, 1.165) is 5.92 Å². The molecule has 0 aromatic carbocycles. The molecule has 58 valence electrons. The molecule has 0 nitrogen and oxygen atoms in total. The molecular weight excluding hydrogens is 139 g/mol. The van der Waals surface area contributed by atoms with Gasteiger partial charge in [-0.15, -0.1) is 9.24 Å². The van der Waals surface area contributed by atoms with Gasteiger partial charge in [0, 0.05) is 0 Å². The molecule has 0 aromatic heterocycles. The van der Waals surface area contributed by atoms with Crippen molar-refractivity contribution in [3.05, 3.63) is 11.6 Å². The molecule has 0 aromatic rings. The second kappa shape index (κ2) is 4.13. The lowest BCUT2D eigenvalue weighted by molar-refractivity contribution is 0.576. The second-order valence-electron chi connectivity index (χ2n) is 3.28. The van der Waals surface area contributed by atoms with E-state index < -0.39 is 0 Å². The molecule has 2 atom stereocenters. The van der Waals surface area contributed by atoms with Crippen molar-refractivity contribution >= 4 is 9.24 Å². The van der Waals surface area contributed by atoms with Gasteiger partial charge in [-0.3, -0.25) is 0 Å². The average molecular weight is 156 g/mol. The maximum atomic E-state index is 2.81. The fraction of sp³-hybridized carbons (Fsp3) is 0.778. The summed E-state index contributed by atoms with van der Waals surface area (Å²) in [6.45, 7) is 2.33. The second-order valence-corrected chi connectivity index (χ2v) is 3.75. The summed E-state index contributed by atoms with van der Waals surface area (Å²) in [6, 6.07) is 0. The number of rotatable bonds is 4. The van der Waals surface area contributed by atoms with Gasteiger partial charge in [0.2, 0.25) is 0 Å². The van der Waals surface area contributed by atoms with Crippen molar-refractivity contribution in [1.82, 2.24) is 0 Å². The summed E-state index contributed by atoms with van der Waals surface area (Å²) in [5.41, 5.74) is 1.70. The minimum Gasteiger partial charge on any atom is -0.137 e. The third-order valence-electron chi connectivity index (χ3n) is 2.26. The lowest BCUT2D eigenvalue weighted by atomic mass is 9.92. The highest BCUT2D eigenvalue weighted by Gasteiger charge is 2.06. The summed E-state index contributed by atoms with van der Waals surface area (Å²) < 4.78 is 0. The van der Waals surface area contributed by atoms with Crippen LogP contribution >= 0.6 is 9.24 Å². The van der Waals surface area contributed by atoms with Crippen LogP contribution in [-0.2, 0) is 0 Å². The number of hydrogen-bond donors (Lipinski definition) is 0. The molecule has 0 radical (unpaired) electrons. The molecule has 0 aliphatic heterocycles. The van der Waals surface area contributed by atoms with Gasteiger partial charge in [-0.1, -0.05) is 18.6 Å². The van der Waals surface area contributed by atoms with Gasteiger partial charge in [-0.25, -0.2) is 0 Å². The number of allylic oxidation sites excluding steroid dienone is 2. The molecule has 0 spiro atoms. The first-order valence-electron chi connectivity index (χ1n) is 4.21. The molecule has 10 heavy (non-hydrogen) atoms. The normalized spacial score (nSPS) is 19.6. The monoisotopic (exact) mass is 156 g/mol. The van der Waals surface area contributed by atoms with E-state index in [2.05, 4.69) is 22.2 Å². The van der Waals surface area contributed by atoms with Crippen LogP contribution in [0.15, 0.2) is 11.6 Å². The zero-order valence-electron chi connectivity index (χ0n) is 6.77. The number of hydrogen-bond acceptors (Lipinski definition) is 0. The molecule has 0 heterocycles. The van der Waals surface area contributed by atoms with Crippen LogP contribution in [0.1, 0.15) is 32.6 Å². The third kappa shape index (κ3) is 2.42. The first-order chi connectivity index (χ1) is 4.83. The van der Waals surface area contributed by atoms with Crippen LogP contribution in [0.25, 0.3) is 0 Å². The lowest BCUT2D eigenvalue weighted by Gasteiger charge is -2.15. The van der Waals surface area contributed by atoms with E-state index in [4.69, 9.17) is 0 Å². The molecule has 1 aliphatic rings. The van der Waals surface area contributed by atoms with Crippen molar-refractivity contribution in [3.8, 4) is 0 Å². The quantitative estimate of drug-likeness (QED) is 0.433. The summed E-state index contributed by atoms with van der Waals surface area (Å²) in [7, 11) is 2.81. The SMILES string of the molecule is CC(CP)CCC1=CCC1. The van der Waals surface area contributed by atoms with Crippen LogP contribution < -0.4 is 0 Å². The van der Waals surface area contributed by atoms with Crippen molar-refractivity contribution in [2.24, 2.45) is 5.92 Å². The molecule has 0 bridgehead atoms. The molecular formula is C9H17P. The van der Waals surface area contributed by atoms with Crippen molar-refractivity contribution in [3.63, 3.8) is 0 Å². The summed E-state index contributed by atoms with van der Waals surface area (Å²) >= 11 is 0. The molecule has 2 unspecified atom stereocenters. The molecule has 1 rings (SSSR count). The van der Waals surface area contributed by atoms with Crippen molar-refractivity contribution < 1.29 is 0 Å². The van der Waals surface area contributed by atoms with E-state index in [1.807, 2.05) is 0 Å². The van der Waals surface area contributed by atoms with Gasteiger partial charge in [0.05, 0.1) is 0 Å². The van der Waals surface area contributed by atoms with Crippen LogP contribution in [0.5, 0.6) is 0 Å². The first-order valence-corrected chi connectivity index (χ1v) is 5.02. The van der Waals surface area contributed by atoms with Crippen LogP contribution in [0, 0.1) is 5.92 Å². The van der Waals surface area contributed by atoms with E-state index in [-0.39, 0.29) is 0 Å². The minimum absolute atomic E-state index is 0.895. The maximum absolute atomic E-state index is 2.81. The van der Waals surface area contributed by atoms with E-state index in [1.54, 1.807) is 5.57 Å². The Kier molecular flexibility index (Phi) is 3.42. The minimum atomic E-state index is 0.895. The van der Waals surface area contributed by atoms with Crippen LogP contribution in [0.2, 0.25) is 0 Å². The van der Waals surface area contributed by atoms with Crippen molar-refractivity contribution in [2.75, 3.05) is 6.16 Å². The largest absolute Gasteiger partial charge is 0.137 e. The molecule has 0 saturated carbocycles. The predicted octanol–water partition coefficient (Wildman–Crippen LogP) is 3.00. The molecule has 0 saturated heterocycles. The van der Waals surface area contributed by atoms with Gasteiger partial charge >= 0.3 is 0 Å². The van der Waals surface area contributed by atoms with E-state index in [0.29, 0.717) is 0 Å². The van der Waals surface area contributed by atoms with E-state index in [1.165, 1.54) is 31.8 Å². The summed E-state index contributed by atoms with van der Waals surface area (Å²) in [5, 5.41) is 0. The van der Waals surface area contributed by atoms with Gasteiger partial charge in [-0.2, -0.15) is 0 Å². The lowest BCUT2D eigenvalue weighted by Crippen LogP contribution is -1.99. The Labute approximate surface area is 66.3 Å². The van der Waals surface area contributed by atoms with Crippen molar-refractivity contribution in [2.45, 2.75) is 32.6 Å². The topological polar surface area (TPSA) is 0 Å². The molecule has 1 aliphatic carbocycles. The zero-order chi connectivity index (χ0) is 7.40. The Hall–Kier alpha value is 0.170. The van der Waals surface area contributed by atoms with Crippen LogP contribution in [0.3, 0.4) is 0 Å². The van der Waals surface area contributed by atoms with Gasteiger partial charge in [0.1, 0.15) is 0 Å². The first kappa shape index (κ1) is 8.27. The highest BCUT2D eigenvalue weighted by Crippen LogP contribution is 2.24. The zero-order valence-corrected chi connectivity index (χ0v) is 7.92. The molecule has 0 amide bonds. The summed E-state index contributed by atoms with van der Waals surface area (Å²) in [5.74, 6) is 0.895. The standard InChI is InChI=1S/C9H17P/c1-8(7-10)5-6-9-3-2-4-9/h3,8H,2,4-7,10H2,1H3. The molecule has 0 N–H and O–H groups in total. The van der Waals surface area contributed by atoms with Gasteiger partial charge in [-0.05, 0) is 37.8 Å². The van der Waals surface area contributed by atoms with Crippen LogP contribution in [-0.4, -0.2) is 6.16 Å². The molecule has 1 heteroatoms.